The van der Waals surface area contributed by atoms with E-state index in [4.69, 9.17) is 22.1 Å². The molecule has 0 saturated heterocycles. The normalized spacial score (nSPS) is 18.2. The van der Waals surface area contributed by atoms with E-state index in [1.807, 2.05) is 12.2 Å². The van der Waals surface area contributed by atoms with Crippen LogP contribution < -0.4 is 11.1 Å². The number of aliphatic imine (C=N–C) groups is 1. The van der Waals surface area contributed by atoms with Crippen molar-refractivity contribution in [1.29, 1.82) is 0 Å². The lowest BCUT2D eigenvalue weighted by Crippen LogP contribution is -2.49. The quantitative estimate of drug-likeness (QED) is 0.238. The number of alkyl halides is 5. The number of carbonyl (C=O) groups excluding carboxylic acids is 2. The predicted octanol–water partition coefficient (Wildman–Crippen LogP) is 5.48. The molecule has 0 radical (unpaired) electrons. The van der Waals surface area contributed by atoms with Crippen LogP contribution in [-0.2, 0) is 9.53 Å². The van der Waals surface area contributed by atoms with Gasteiger partial charge in [0.1, 0.15) is 18.5 Å². The second kappa shape index (κ2) is 11.5. The Morgan fingerprint density at radius 1 is 1.17 bits per heavy atom. The summed E-state index contributed by atoms with van der Waals surface area (Å²) >= 11 is 6.33. The molecule has 17 heteroatoms. The molecular formula is C29H24ClF5N8O3. The number of aromatic nitrogens is 4. The molecule has 0 unspecified atom stereocenters. The van der Waals surface area contributed by atoms with E-state index in [1.54, 1.807) is 30.5 Å². The summed E-state index contributed by atoms with van der Waals surface area (Å²) in [4.78, 5) is 39.7. The van der Waals surface area contributed by atoms with Gasteiger partial charge in [-0.2, -0.15) is 18.3 Å². The van der Waals surface area contributed by atoms with E-state index >= 15 is 0 Å². The van der Waals surface area contributed by atoms with E-state index in [9.17, 15) is 31.5 Å². The molecule has 11 nitrogen and oxygen atoms in total. The lowest BCUT2D eigenvalue weighted by Gasteiger charge is -2.29. The van der Waals surface area contributed by atoms with E-state index in [0.717, 1.165) is 32.4 Å². The average molecular weight is 663 g/mol. The Morgan fingerprint density at radius 3 is 2.63 bits per heavy atom. The molecule has 3 N–H and O–H groups in total. The molecule has 46 heavy (non-hydrogen) atoms. The molecule has 4 aromatic rings. The molecule has 3 heterocycles. The highest BCUT2D eigenvalue weighted by molar-refractivity contribution is 6.32. The first kappa shape index (κ1) is 31.1. The lowest BCUT2D eigenvalue weighted by atomic mass is 10.0. The summed E-state index contributed by atoms with van der Waals surface area (Å²) in [7, 11) is 0. The minimum atomic E-state index is -4.69. The molecule has 0 bridgehead atoms. The number of carbonyl (C=O) groups is 2. The first-order chi connectivity index (χ1) is 21.8. The number of halogens is 6. The van der Waals surface area contributed by atoms with Crippen LogP contribution in [0.4, 0.5) is 26.7 Å². The largest absolute Gasteiger partial charge is 0.447 e. The van der Waals surface area contributed by atoms with Gasteiger partial charge in [0.05, 0.1) is 16.8 Å². The zero-order valence-electron chi connectivity index (χ0n) is 23.8. The Hall–Kier alpha value is -4.86. The topological polar surface area (TPSA) is 141 Å². The van der Waals surface area contributed by atoms with Gasteiger partial charge >= 0.3 is 12.3 Å². The molecule has 1 saturated carbocycles. The molecule has 1 fully saturated rings. The summed E-state index contributed by atoms with van der Waals surface area (Å²) in [5.74, 6) is -1.61. The summed E-state index contributed by atoms with van der Waals surface area (Å²) in [6, 6.07) is 8.71. The predicted molar refractivity (Wildman–Crippen MR) is 154 cm³/mol. The second-order valence-corrected chi connectivity index (χ2v) is 11.2. The zero-order chi connectivity index (χ0) is 33.0. The number of nitrogens with two attached hydrogens (primary N) is 1. The van der Waals surface area contributed by atoms with Crippen LogP contribution in [0.15, 0.2) is 60.0 Å². The van der Waals surface area contributed by atoms with Crippen LogP contribution in [0.5, 0.6) is 0 Å². The van der Waals surface area contributed by atoms with Gasteiger partial charge in [0.25, 0.3) is 12.3 Å². The molecule has 6 rings (SSSR count). The standard InChI is InChI=1S/C29H24ClF5N8O3/c1-14-18-4-2-17(10-15(18)6-9-37-14)22-25(44)42(26(36)40-22)21(12-46-27(45)41-28(7-8-28)29(33,34)35)16-3-5-19(30)20(11-16)43-24(23(31)32)38-13-39-43/h2-6,9-11,13,21-23H,7-8,12H2,1H3,(H2,36,40)(H,41,45)/t21-,22-/m1/s1. The molecule has 240 valence electrons. The summed E-state index contributed by atoms with van der Waals surface area (Å²) in [6.07, 6.45) is -7.18. The number of alkyl carbamates (subject to hydrolysis) is 1. The number of amides is 2. The molecule has 1 aliphatic carbocycles. The van der Waals surface area contributed by atoms with Crippen molar-refractivity contribution in [3.63, 3.8) is 0 Å². The Morgan fingerprint density at radius 2 is 1.93 bits per heavy atom. The Kier molecular flexibility index (Phi) is 7.78. The van der Waals surface area contributed by atoms with Crippen molar-refractivity contribution >= 4 is 40.3 Å². The minimum absolute atomic E-state index is 0.0115. The highest BCUT2D eigenvalue weighted by atomic mass is 35.5. The summed E-state index contributed by atoms with van der Waals surface area (Å²) < 4.78 is 73.7. The third kappa shape index (κ3) is 5.57. The van der Waals surface area contributed by atoms with Crippen molar-refractivity contribution in [2.24, 2.45) is 10.7 Å². The summed E-state index contributed by atoms with van der Waals surface area (Å²) in [5, 5.41) is 7.34. The molecule has 0 spiro atoms. The van der Waals surface area contributed by atoms with Crippen molar-refractivity contribution in [2.75, 3.05) is 6.61 Å². The number of fused-ring (bicyclic) bond motifs is 1. The minimum Gasteiger partial charge on any atom is -0.447 e. The van der Waals surface area contributed by atoms with Crippen molar-refractivity contribution in [3.8, 4) is 5.69 Å². The second-order valence-electron chi connectivity index (χ2n) is 10.8. The summed E-state index contributed by atoms with van der Waals surface area (Å²) in [5.41, 5.74) is 5.26. The zero-order valence-corrected chi connectivity index (χ0v) is 24.6. The number of nitrogens with one attached hydrogen (secondary N) is 1. The molecule has 2 aromatic heterocycles. The number of benzene rings is 2. The van der Waals surface area contributed by atoms with Crippen molar-refractivity contribution in [3.05, 3.63) is 82.7 Å². The van der Waals surface area contributed by atoms with Crippen LogP contribution in [0.1, 0.15) is 54.0 Å². The van der Waals surface area contributed by atoms with Crippen LogP contribution in [0.2, 0.25) is 5.02 Å². The van der Waals surface area contributed by atoms with Gasteiger partial charge in [-0.1, -0.05) is 29.8 Å². The lowest BCUT2D eigenvalue weighted by molar-refractivity contribution is -0.164. The van der Waals surface area contributed by atoms with E-state index in [2.05, 4.69) is 20.1 Å². The number of ether oxygens (including phenoxy) is 1. The number of guanidine groups is 1. The first-order valence-electron chi connectivity index (χ1n) is 13.8. The Balaban J connectivity index is 1.35. The molecule has 2 amide bonds. The van der Waals surface area contributed by atoms with Gasteiger partial charge in [-0.15, -0.1) is 0 Å². The highest BCUT2D eigenvalue weighted by Crippen LogP contribution is 2.49. The number of nitrogens with zero attached hydrogens (tertiary/aromatic N) is 6. The number of pyridine rings is 1. The maximum absolute atomic E-state index is 13.9. The van der Waals surface area contributed by atoms with Gasteiger partial charge in [0, 0.05) is 17.3 Å². The molecule has 2 aromatic carbocycles. The molecule has 2 atom stereocenters. The van der Waals surface area contributed by atoms with Crippen molar-refractivity contribution in [2.45, 2.75) is 50.0 Å². The number of hydrogen-bond donors (Lipinski definition) is 2. The number of aryl methyl sites for hydroxylation is 1. The molecular weight excluding hydrogens is 639 g/mol. The van der Waals surface area contributed by atoms with Crippen LogP contribution >= 0.6 is 11.6 Å². The fourth-order valence-electron chi connectivity index (χ4n) is 5.34. The maximum Gasteiger partial charge on any atom is 0.411 e. The van der Waals surface area contributed by atoms with E-state index in [1.165, 1.54) is 18.2 Å². The number of hydrogen-bond acceptors (Lipinski definition) is 8. The Labute approximate surface area is 262 Å². The third-order valence-electron chi connectivity index (χ3n) is 7.95. The van der Waals surface area contributed by atoms with Gasteiger partial charge in [-0.05, 0) is 60.5 Å². The third-order valence-corrected chi connectivity index (χ3v) is 8.27. The van der Waals surface area contributed by atoms with Crippen LogP contribution in [0.3, 0.4) is 0 Å². The Bertz CT molecular complexity index is 1880. The number of rotatable bonds is 8. The van der Waals surface area contributed by atoms with Crippen molar-refractivity contribution < 1.29 is 36.3 Å². The summed E-state index contributed by atoms with van der Waals surface area (Å²) in [6.45, 7) is 1.15. The first-order valence-corrected chi connectivity index (χ1v) is 14.2. The van der Waals surface area contributed by atoms with Crippen LogP contribution in [-0.4, -0.2) is 60.9 Å². The SMILES string of the molecule is Cc1nccc2cc([C@H]3N=C(N)N([C@H](COC(=O)NC4(C(F)(F)F)CC4)c4ccc(Cl)c(-n5ncnc5C(F)F)c4)C3=O)ccc12. The van der Waals surface area contributed by atoms with E-state index in [0.29, 0.717) is 5.56 Å². The van der Waals surface area contributed by atoms with Gasteiger partial charge in [0.2, 0.25) is 0 Å². The maximum atomic E-state index is 13.9. The monoisotopic (exact) mass is 662 g/mol. The average Bonchev–Trinajstić information content (AvgIpc) is 3.52. The van der Waals surface area contributed by atoms with Crippen LogP contribution in [0, 0.1) is 6.92 Å². The fourth-order valence-corrected chi connectivity index (χ4v) is 5.53. The van der Waals surface area contributed by atoms with Gasteiger partial charge in [-0.25, -0.2) is 28.2 Å². The smallest absolute Gasteiger partial charge is 0.411 e. The van der Waals surface area contributed by atoms with Gasteiger partial charge in [0.15, 0.2) is 17.8 Å². The van der Waals surface area contributed by atoms with Crippen LogP contribution in [0.25, 0.3) is 16.5 Å². The van der Waals surface area contributed by atoms with Crippen molar-refractivity contribution in [1.82, 2.24) is 30.0 Å². The van der Waals surface area contributed by atoms with Gasteiger partial charge in [-0.3, -0.25) is 14.7 Å². The van der Waals surface area contributed by atoms with Gasteiger partial charge < -0.3 is 15.8 Å². The fraction of sp³-hybridized carbons (Fsp3) is 0.310. The van der Waals surface area contributed by atoms with E-state index in [-0.39, 0.29) is 35.1 Å². The molecule has 1 aliphatic heterocycles. The highest BCUT2D eigenvalue weighted by Gasteiger charge is 2.64. The molecule has 2 aliphatic rings. The van der Waals surface area contributed by atoms with E-state index < -0.39 is 54.7 Å².